The summed E-state index contributed by atoms with van der Waals surface area (Å²) in [7, 11) is 0. The SMILES string of the molecule is N#Cc1c(N)sc2c1C(=O)c1ccccc1C2=O. The van der Waals surface area contributed by atoms with Crippen LogP contribution in [0, 0.1) is 11.3 Å². The third kappa shape index (κ3) is 1.18. The number of carbonyl (C=O) groups is 2. The van der Waals surface area contributed by atoms with E-state index >= 15 is 0 Å². The topological polar surface area (TPSA) is 83.9 Å². The first-order valence-electron chi connectivity index (χ1n) is 5.16. The Balaban J connectivity index is 2.38. The van der Waals surface area contributed by atoms with Gasteiger partial charge in [0, 0.05) is 11.1 Å². The molecule has 0 unspecified atom stereocenters. The van der Waals surface area contributed by atoms with Crippen molar-refractivity contribution in [3.05, 3.63) is 51.4 Å². The van der Waals surface area contributed by atoms with Gasteiger partial charge in [-0.25, -0.2) is 0 Å². The molecule has 1 aromatic carbocycles. The number of fused-ring (bicyclic) bond motifs is 2. The third-order valence-corrected chi connectivity index (χ3v) is 3.91. The Morgan fingerprint density at radius 1 is 1.11 bits per heavy atom. The number of ketones is 2. The van der Waals surface area contributed by atoms with Crippen molar-refractivity contribution in [3.63, 3.8) is 0 Å². The number of nitriles is 1. The van der Waals surface area contributed by atoms with Gasteiger partial charge in [-0.1, -0.05) is 24.3 Å². The number of nitrogens with two attached hydrogens (primary N) is 1. The maximum Gasteiger partial charge on any atom is 0.204 e. The standard InChI is InChI=1S/C13H6N2O2S/c14-5-8-9-10(16)6-3-1-2-4-7(6)11(17)12(9)18-13(8)15/h1-4H,15H2. The van der Waals surface area contributed by atoms with Gasteiger partial charge in [-0.3, -0.25) is 9.59 Å². The second kappa shape index (κ2) is 3.52. The predicted octanol–water partition coefficient (Wildman–Crippen LogP) is 1.98. The van der Waals surface area contributed by atoms with Crippen LogP contribution in [0.25, 0.3) is 0 Å². The van der Waals surface area contributed by atoms with Gasteiger partial charge in [0.2, 0.25) is 5.78 Å². The van der Waals surface area contributed by atoms with Crippen molar-refractivity contribution in [2.75, 3.05) is 5.73 Å². The lowest BCUT2D eigenvalue weighted by molar-refractivity contribution is 0.0982. The van der Waals surface area contributed by atoms with E-state index in [4.69, 9.17) is 11.0 Å². The fourth-order valence-corrected chi connectivity index (χ4v) is 3.04. The van der Waals surface area contributed by atoms with Gasteiger partial charge in [-0.15, -0.1) is 11.3 Å². The van der Waals surface area contributed by atoms with Crippen LogP contribution >= 0.6 is 11.3 Å². The monoisotopic (exact) mass is 254 g/mol. The van der Waals surface area contributed by atoms with Crippen LogP contribution in [0.4, 0.5) is 5.00 Å². The van der Waals surface area contributed by atoms with E-state index in [9.17, 15) is 9.59 Å². The number of anilines is 1. The summed E-state index contributed by atoms with van der Waals surface area (Å²) in [5.74, 6) is -0.539. The van der Waals surface area contributed by atoms with Gasteiger partial charge < -0.3 is 5.73 Å². The molecule has 4 nitrogen and oxygen atoms in total. The molecule has 0 spiro atoms. The first kappa shape index (κ1) is 10.7. The Hall–Kier alpha value is -2.45. The second-order valence-electron chi connectivity index (χ2n) is 3.86. The van der Waals surface area contributed by atoms with Crippen molar-refractivity contribution >= 4 is 27.9 Å². The molecule has 1 heterocycles. The number of hydrogen-bond acceptors (Lipinski definition) is 5. The zero-order valence-electron chi connectivity index (χ0n) is 9.06. The van der Waals surface area contributed by atoms with Crippen molar-refractivity contribution in [1.29, 1.82) is 5.26 Å². The summed E-state index contributed by atoms with van der Waals surface area (Å²) in [5, 5.41) is 9.25. The Kier molecular flexibility index (Phi) is 2.09. The average Bonchev–Trinajstić information content (AvgIpc) is 2.73. The van der Waals surface area contributed by atoms with Gasteiger partial charge in [0.15, 0.2) is 5.78 Å². The second-order valence-corrected chi connectivity index (χ2v) is 4.91. The van der Waals surface area contributed by atoms with Crippen molar-refractivity contribution in [2.45, 2.75) is 0 Å². The molecular weight excluding hydrogens is 248 g/mol. The molecule has 0 saturated carbocycles. The minimum Gasteiger partial charge on any atom is -0.389 e. The third-order valence-electron chi connectivity index (χ3n) is 2.90. The molecule has 2 N–H and O–H groups in total. The van der Waals surface area contributed by atoms with Crippen LogP contribution in [0.5, 0.6) is 0 Å². The molecule has 0 aliphatic heterocycles. The van der Waals surface area contributed by atoms with E-state index in [1.54, 1.807) is 24.3 Å². The van der Waals surface area contributed by atoms with Gasteiger partial charge in [-0.05, 0) is 0 Å². The number of benzene rings is 1. The maximum atomic E-state index is 12.3. The molecule has 0 radical (unpaired) electrons. The molecule has 3 rings (SSSR count). The molecule has 0 saturated heterocycles. The largest absolute Gasteiger partial charge is 0.389 e. The molecular formula is C13H6N2O2S. The van der Waals surface area contributed by atoms with Gasteiger partial charge in [0.05, 0.1) is 16.0 Å². The minimum atomic E-state index is -0.301. The lowest BCUT2D eigenvalue weighted by Crippen LogP contribution is -2.19. The molecule has 0 atom stereocenters. The van der Waals surface area contributed by atoms with E-state index in [1.165, 1.54) is 0 Å². The average molecular weight is 254 g/mol. The number of carbonyl (C=O) groups excluding carboxylic acids is 2. The highest BCUT2D eigenvalue weighted by Crippen LogP contribution is 2.37. The Morgan fingerprint density at radius 3 is 2.33 bits per heavy atom. The minimum absolute atomic E-state index is 0.114. The van der Waals surface area contributed by atoms with Gasteiger partial charge in [-0.2, -0.15) is 5.26 Å². The molecule has 86 valence electrons. The number of thiophene rings is 1. The van der Waals surface area contributed by atoms with Crippen LogP contribution in [0.15, 0.2) is 24.3 Å². The highest BCUT2D eigenvalue weighted by Gasteiger charge is 2.34. The summed E-state index contributed by atoms with van der Waals surface area (Å²) < 4.78 is 0. The van der Waals surface area contributed by atoms with Crippen molar-refractivity contribution < 1.29 is 9.59 Å². The fourth-order valence-electron chi connectivity index (χ4n) is 2.07. The van der Waals surface area contributed by atoms with E-state index in [2.05, 4.69) is 0 Å². The molecule has 0 bridgehead atoms. The smallest absolute Gasteiger partial charge is 0.204 e. The Bertz CT molecular complexity index is 753. The van der Waals surface area contributed by atoms with Crippen LogP contribution in [0.3, 0.4) is 0 Å². The van der Waals surface area contributed by atoms with E-state index in [0.29, 0.717) is 11.1 Å². The Morgan fingerprint density at radius 2 is 1.72 bits per heavy atom. The molecule has 1 aliphatic carbocycles. The van der Waals surface area contributed by atoms with Crippen molar-refractivity contribution in [3.8, 4) is 6.07 Å². The van der Waals surface area contributed by atoms with Gasteiger partial charge in [0.25, 0.3) is 0 Å². The molecule has 1 aliphatic rings. The highest BCUT2D eigenvalue weighted by atomic mass is 32.1. The van der Waals surface area contributed by atoms with E-state index in [-0.39, 0.29) is 32.6 Å². The van der Waals surface area contributed by atoms with Crippen LogP contribution < -0.4 is 5.73 Å². The normalized spacial score (nSPS) is 12.8. The molecule has 0 amide bonds. The van der Waals surface area contributed by atoms with Crippen molar-refractivity contribution in [2.24, 2.45) is 0 Å². The molecule has 5 heteroatoms. The predicted molar refractivity (Wildman–Crippen MR) is 66.8 cm³/mol. The molecule has 18 heavy (non-hydrogen) atoms. The quantitative estimate of drug-likeness (QED) is 0.664. The summed E-state index contributed by atoms with van der Waals surface area (Å²) in [4.78, 5) is 24.8. The number of nitrogen functional groups attached to an aromatic ring is 1. The lowest BCUT2D eigenvalue weighted by atomic mass is 9.87. The lowest BCUT2D eigenvalue weighted by Gasteiger charge is -2.13. The van der Waals surface area contributed by atoms with Crippen LogP contribution in [0.2, 0.25) is 0 Å². The Labute approximate surface area is 106 Å². The highest BCUT2D eigenvalue weighted by molar-refractivity contribution is 7.18. The summed E-state index contributed by atoms with van der Waals surface area (Å²) in [6.45, 7) is 0. The molecule has 1 aromatic heterocycles. The van der Waals surface area contributed by atoms with Crippen LogP contribution in [-0.2, 0) is 0 Å². The van der Waals surface area contributed by atoms with Gasteiger partial charge in [0.1, 0.15) is 11.1 Å². The molecule has 0 fully saturated rings. The maximum absolute atomic E-state index is 12.3. The molecule has 2 aromatic rings. The van der Waals surface area contributed by atoms with Crippen molar-refractivity contribution in [1.82, 2.24) is 0 Å². The van der Waals surface area contributed by atoms with Gasteiger partial charge >= 0.3 is 0 Å². The number of nitrogens with zero attached hydrogens (tertiary/aromatic N) is 1. The van der Waals surface area contributed by atoms with Crippen LogP contribution in [-0.4, -0.2) is 11.6 Å². The van der Waals surface area contributed by atoms with Crippen LogP contribution in [0.1, 0.15) is 36.7 Å². The number of hydrogen-bond donors (Lipinski definition) is 1. The summed E-state index contributed by atoms with van der Waals surface area (Å²) in [6.07, 6.45) is 0. The summed E-state index contributed by atoms with van der Waals surface area (Å²) in [5.41, 5.74) is 6.67. The zero-order valence-corrected chi connectivity index (χ0v) is 9.88. The van der Waals surface area contributed by atoms with E-state index in [0.717, 1.165) is 11.3 Å². The zero-order chi connectivity index (χ0) is 12.9. The fraction of sp³-hybridized carbons (Fsp3) is 0. The summed E-state index contributed by atoms with van der Waals surface area (Å²) in [6, 6.07) is 8.50. The summed E-state index contributed by atoms with van der Waals surface area (Å²) >= 11 is 1.00. The van der Waals surface area contributed by atoms with E-state index in [1.807, 2.05) is 6.07 Å². The first-order chi connectivity index (χ1) is 8.65. The number of rotatable bonds is 0. The van der Waals surface area contributed by atoms with E-state index < -0.39 is 0 Å². The first-order valence-corrected chi connectivity index (χ1v) is 5.97.